The standard InChI is InChI=1S/C13H30N2O2/c1-12(2)14-6-8-16-10-11-17-9-7-15-13(3,4)5/h12,14-15H,6-11H2,1-5H3. The summed E-state index contributed by atoms with van der Waals surface area (Å²) in [7, 11) is 0. The molecule has 0 unspecified atom stereocenters. The van der Waals surface area contributed by atoms with E-state index in [1.807, 2.05) is 0 Å². The monoisotopic (exact) mass is 246 g/mol. The first-order chi connectivity index (χ1) is 7.92. The van der Waals surface area contributed by atoms with E-state index >= 15 is 0 Å². The third-order valence-corrected chi connectivity index (χ3v) is 2.07. The molecule has 0 spiro atoms. The SMILES string of the molecule is CC(C)NCCOCCOCCNC(C)(C)C. The van der Waals surface area contributed by atoms with Crippen LogP contribution in [0, 0.1) is 0 Å². The molecule has 0 fully saturated rings. The molecule has 17 heavy (non-hydrogen) atoms. The highest BCUT2D eigenvalue weighted by Gasteiger charge is 2.06. The van der Waals surface area contributed by atoms with E-state index in [2.05, 4.69) is 45.3 Å². The van der Waals surface area contributed by atoms with Crippen molar-refractivity contribution >= 4 is 0 Å². The first-order valence-corrected chi connectivity index (χ1v) is 6.56. The van der Waals surface area contributed by atoms with E-state index < -0.39 is 0 Å². The fraction of sp³-hybridized carbons (Fsp3) is 1.00. The van der Waals surface area contributed by atoms with Crippen LogP contribution in [-0.4, -0.2) is 51.1 Å². The second-order valence-electron chi connectivity index (χ2n) is 5.51. The van der Waals surface area contributed by atoms with Gasteiger partial charge in [-0.15, -0.1) is 0 Å². The molecule has 0 atom stereocenters. The highest BCUT2D eigenvalue weighted by atomic mass is 16.5. The molecule has 0 aliphatic rings. The van der Waals surface area contributed by atoms with Crippen LogP contribution in [0.25, 0.3) is 0 Å². The Labute approximate surface area is 106 Å². The van der Waals surface area contributed by atoms with Crippen molar-refractivity contribution in [2.75, 3.05) is 39.5 Å². The zero-order valence-corrected chi connectivity index (χ0v) is 12.1. The first-order valence-electron chi connectivity index (χ1n) is 6.56. The predicted molar refractivity (Wildman–Crippen MR) is 72.5 cm³/mol. The summed E-state index contributed by atoms with van der Waals surface area (Å²) in [6.45, 7) is 15.3. The van der Waals surface area contributed by atoms with Crippen LogP contribution in [0.5, 0.6) is 0 Å². The van der Waals surface area contributed by atoms with Crippen LogP contribution in [0.1, 0.15) is 34.6 Å². The largest absolute Gasteiger partial charge is 0.378 e. The summed E-state index contributed by atoms with van der Waals surface area (Å²) in [6, 6.07) is 0.526. The Hall–Kier alpha value is -0.160. The van der Waals surface area contributed by atoms with E-state index in [1.165, 1.54) is 0 Å². The number of hydrogen-bond acceptors (Lipinski definition) is 4. The lowest BCUT2D eigenvalue weighted by atomic mass is 10.1. The molecular formula is C13H30N2O2. The Kier molecular flexibility index (Phi) is 9.74. The topological polar surface area (TPSA) is 42.5 Å². The van der Waals surface area contributed by atoms with Crippen molar-refractivity contribution in [2.24, 2.45) is 0 Å². The van der Waals surface area contributed by atoms with E-state index in [9.17, 15) is 0 Å². The molecule has 0 aliphatic heterocycles. The van der Waals surface area contributed by atoms with Gasteiger partial charge in [0.2, 0.25) is 0 Å². The molecule has 0 saturated carbocycles. The second-order valence-corrected chi connectivity index (χ2v) is 5.51. The molecule has 0 aromatic carbocycles. The van der Waals surface area contributed by atoms with Gasteiger partial charge in [-0.05, 0) is 20.8 Å². The van der Waals surface area contributed by atoms with Crippen molar-refractivity contribution in [2.45, 2.75) is 46.2 Å². The fourth-order valence-electron chi connectivity index (χ4n) is 1.24. The number of rotatable bonds is 10. The lowest BCUT2D eigenvalue weighted by Crippen LogP contribution is -2.38. The normalized spacial score (nSPS) is 12.4. The Balaban J connectivity index is 3.04. The maximum atomic E-state index is 5.45. The molecule has 0 rings (SSSR count). The zero-order chi connectivity index (χ0) is 13.1. The van der Waals surface area contributed by atoms with E-state index in [4.69, 9.17) is 9.47 Å². The molecule has 0 bridgehead atoms. The molecule has 0 heterocycles. The van der Waals surface area contributed by atoms with Crippen molar-refractivity contribution in [3.05, 3.63) is 0 Å². The molecular weight excluding hydrogens is 216 g/mol. The van der Waals surface area contributed by atoms with Gasteiger partial charge in [0.15, 0.2) is 0 Å². The lowest BCUT2D eigenvalue weighted by molar-refractivity contribution is 0.0481. The summed E-state index contributed by atoms with van der Waals surface area (Å²) in [6.07, 6.45) is 0. The van der Waals surface area contributed by atoms with Gasteiger partial charge in [-0.25, -0.2) is 0 Å². The summed E-state index contributed by atoms with van der Waals surface area (Å²) in [5.41, 5.74) is 0.169. The van der Waals surface area contributed by atoms with Crippen molar-refractivity contribution in [3.8, 4) is 0 Å². The maximum absolute atomic E-state index is 5.45. The fourth-order valence-corrected chi connectivity index (χ4v) is 1.24. The van der Waals surface area contributed by atoms with Gasteiger partial charge in [-0.1, -0.05) is 13.8 Å². The van der Waals surface area contributed by atoms with E-state index in [1.54, 1.807) is 0 Å². The summed E-state index contributed by atoms with van der Waals surface area (Å²) in [5.74, 6) is 0. The number of hydrogen-bond donors (Lipinski definition) is 2. The molecule has 0 radical (unpaired) electrons. The van der Waals surface area contributed by atoms with Gasteiger partial charge in [0.05, 0.1) is 26.4 Å². The molecule has 0 amide bonds. The molecule has 0 aliphatic carbocycles. The molecule has 4 heteroatoms. The highest BCUT2D eigenvalue weighted by Crippen LogP contribution is 1.96. The Morgan fingerprint density at radius 3 is 1.88 bits per heavy atom. The minimum absolute atomic E-state index is 0.169. The molecule has 104 valence electrons. The quantitative estimate of drug-likeness (QED) is 0.572. The van der Waals surface area contributed by atoms with Crippen LogP contribution in [0.3, 0.4) is 0 Å². The third-order valence-electron chi connectivity index (χ3n) is 2.07. The Morgan fingerprint density at radius 2 is 1.41 bits per heavy atom. The average Bonchev–Trinajstić information content (AvgIpc) is 2.18. The smallest absolute Gasteiger partial charge is 0.0701 e. The molecule has 0 aromatic rings. The molecule has 0 aromatic heterocycles. The molecule has 4 nitrogen and oxygen atoms in total. The minimum Gasteiger partial charge on any atom is -0.378 e. The van der Waals surface area contributed by atoms with Crippen LogP contribution in [-0.2, 0) is 9.47 Å². The molecule has 2 N–H and O–H groups in total. The van der Waals surface area contributed by atoms with Gasteiger partial charge in [0, 0.05) is 24.7 Å². The summed E-state index contributed by atoms with van der Waals surface area (Å²) in [4.78, 5) is 0. The van der Waals surface area contributed by atoms with Crippen molar-refractivity contribution in [1.29, 1.82) is 0 Å². The van der Waals surface area contributed by atoms with Crippen LogP contribution >= 0.6 is 0 Å². The van der Waals surface area contributed by atoms with Gasteiger partial charge in [-0.2, -0.15) is 0 Å². The zero-order valence-electron chi connectivity index (χ0n) is 12.1. The minimum atomic E-state index is 0.169. The van der Waals surface area contributed by atoms with Crippen LogP contribution < -0.4 is 10.6 Å². The van der Waals surface area contributed by atoms with Gasteiger partial charge in [-0.3, -0.25) is 0 Å². The highest BCUT2D eigenvalue weighted by molar-refractivity contribution is 4.69. The number of nitrogens with one attached hydrogen (secondary N) is 2. The first kappa shape index (κ1) is 16.8. The number of ether oxygens (including phenoxy) is 2. The lowest BCUT2D eigenvalue weighted by Gasteiger charge is -2.20. The van der Waals surface area contributed by atoms with Crippen LogP contribution in [0.15, 0.2) is 0 Å². The predicted octanol–water partition coefficient (Wildman–Crippen LogP) is 1.41. The average molecular weight is 246 g/mol. The summed E-state index contributed by atoms with van der Waals surface area (Å²) in [5, 5.41) is 6.67. The second kappa shape index (κ2) is 9.83. The molecule has 0 saturated heterocycles. The van der Waals surface area contributed by atoms with Crippen LogP contribution in [0.4, 0.5) is 0 Å². The van der Waals surface area contributed by atoms with E-state index in [0.29, 0.717) is 19.3 Å². The Morgan fingerprint density at radius 1 is 0.882 bits per heavy atom. The van der Waals surface area contributed by atoms with E-state index in [0.717, 1.165) is 26.3 Å². The maximum Gasteiger partial charge on any atom is 0.0701 e. The van der Waals surface area contributed by atoms with Gasteiger partial charge < -0.3 is 20.1 Å². The third kappa shape index (κ3) is 15.8. The van der Waals surface area contributed by atoms with Gasteiger partial charge >= 0.3 is 0 Å². The Bertz CT molecular complexity index is 167. The summed E-state index contributed by atoms with van der Waals surface area (Å²) < 4.78 is 10.9. The van der Waals surface area contributed by atoms with Gasteiger partial charge in [0.25, 0.3) is 0 Å². The van der Waals surface area contributed by atoms with Crippen molar-refractivity contribution in [1.82, 2.24) is 10.6 Å². The van der Waals surface area contributed by atoms with Crippen LogP contribution in [0.2, 0.25) is 0 Å². The van der Waals surface area contributed by atoms with Crippen molar-refractivity contribution < 1.29 is 9.47 Å². The van der Waals surface area contributed by atoms with Crippen molar-refractivity contribution in [3.63, 3.8) is 0 Å². The van der Waals surface area contributed by atoms with E-state index in [-0.39, 0.29) is 5.54 Å². The van der Waals surface area contributed by atoms with Gasteiger partial charge in [0.1, 0.15) is 0 Å². The summed E-state index contributed by atoms with van der Waals surface area (Å²) >= 11 is 0.